The van der Waals surface area contributed by atoms with Crippen molar-refractivity contribution in [2.24, 2.45) is 0 Å². The number of hydrogen-bond acceptors (Lipinski definition) is 4. The molecule has 18 heavy (non-hydrogen) atoms. The Kier molecular flexibility index (Phi) is 4.61. The standard InChI is InChI=1S/C14H14O3S/c15-13(11-5-2-1-3-6-11)9-14(16)18-10-12-7-4-8-17-12/h1-8,13,15H,9-10H2. The van der Waals surface area contributed by atoms with E-state index in [4.69, 9.17) is 4.42 Å². The molecule has 0 spiro atoms. The Morgan fingerprint density at radius 1 is 1.22 bits per heavy atom. The van der Waals surface area contributed by atoms with E-state index in [1.165, 1.54) is 0 Å². The Bertz CT molecular complexity index is 479. The Morgan fingerprint density at radius 3 is 2.67 bits per heavy atom. The van der Waals surface area contributed by atoms with Crippen molar-refractivity contribution in [2.45, 2.75) is 18.3 Å². The van der Waals surface area contributed by atoms with Crippen molar-refractivity contribution in [3.05, 3.63) is 60.1 Å². The van der Waals surface area contributed by atoms with Gasteiger partial charge in [-0.2, -0.15) is 0 Å². The molecular weight excluding hydrogens is 248 g/mol. The van der Waals surface area contributed by atoms with E-state index in [-0.39, 0.29) is 11.5 Å². The zero-order valence-electron chi connectivity index (χ0n) is 9.78. The molecule has 0 saturated heterocycles. The molecule has 0 aliphatic rings. The molecule has 1 aromatic carbocycles. The van der Waals surface area contributed by atoms with Crippen molar-refractivity contribution in [1.29, 1.82) is 0 Å². The molecule has 2 rings (SSSR count). The van der Waals surface area contributed by atoms with E-state index < -0.39 is 6.10 Å². The number of thioether (sulfide) groups is 1. The third-order valence-electron chi connectivity index (χ3n) is 2.50. The summed E-state index contributed by atoms with van der Waals surface area (Å²) >= 11 is 1.16. The van der Waals surface area contributed by atoms with Crippen molar-refractivity contribution in [1.82, 2.24) is 0 Å². The van der Waals surface area contributed by atoms with Gasteiger partial charge in [0.05, 0.1) is 18.1 Å². The van der Waals surface area contributed by atoms with Gasteiger partial charge in [-0.25, -0.2) is 0 Å². The molecule has 0 amide bonds. The van der Waals surface area contributed by atoms with Gasteiger partial charge in [0, 0.05) is 6.42 Å². The highest BCUT2D eigenvalue weighted by atomic mass is 32.2. The van der Waals surface area contributed by atoms with Crippen LogP contribution in [0.5, 0.6) is 0 Å². The topological polar surface area (TPSA) is 50.4 Å². The first-order chi connectivity index (χ1) is 8.75. The van der Waals surface area contributed by atoms with E-state index in [1.54, 1.807) is 12.3 Å². The maximum Gasteiger partial charge on any atom is 0.192 e. The highest BCUT2D eigenvalue weighted by Crippen LogP contribution is 2.22. The van der Waals surface area contributed by atoms with Crippen LogP contribution in [0.15, 0.2) is 53.1 Å². The molecule has 1 aromatic heterocycles. The lowest BCUT2D eigenvalue weighted by molar-refractivity contribution is -0.112. The highest BCUT2D eigenvalue weighted by molar-refractivity contribution is 8.12. The lowest BCUT2D eigenvalue weighted by Gasteiger charge is -2.09. The Balaban J connectivity index is 1.80. The molecule has 0 aliphatic heterocycles. The molecule has 0 aliphatic carbocycles. The number of benzene rings is 1. The minimum Gasteiger partial charge on any atom is -0.468 e. The molecule has 1 unspecified atom stereocenters. The first kappa shape index (κ1) is 12.9. The Morgan fingerprint density at radius 2 is 2.00 bits per heavy atom. The van der Waals surface area contributed by atoms with E-state index >= 15 is 0 Å². The monoisotopic (exact) mass is 262 g/mol. The van der Waals surface area contributed by atoms with Crippen LogP contribution in [0.25, 0.3) is 0 Å². The van der Waals surface area contributed by atoms with Crippen LogP contribution in [0, 0.1) is 0 Å². The van der Waals surface area contributed by atoms with Crippen molar-refractivity contribution < 1.29 is 14.3 Å². The Labute approximate surface area is 110 Å². The van der Waals surface area contributed by atoms with E-state index in [9.17, 15) is 9.90 Å². The van der Waals surface area contributed by atoms with Crippen LogP contribution >= 0.6 is 11.8 Å². The molecule has 0 bridgehead atoms. The van der Waals surface area contributed by atoms with Crippen molar-refractivity contribution in [2.75, 3.05) is 0 Å². The van der Waals surface area contributed by atoms with E-state index in [0.717, 1.165) is 23.1 Å². The second-order valence-corrected chi connectivity index (χ2v) is 4.90. The molecule has 0 saturated carbocycles. The quantitative estimate of drug-likeness (QED) is 0.899. The van der Waals surface area contributed by atoms with Crippen molar-refractivity contribution >= 4 is 16.9 Å². The van der Waals surface area contributed by atoms with Gasteiger partial charge >= 0.3 is 0 Å². The minimum absolute atomic E-state index is 0.0391. The zero-order chi connectivity index (χ0) is 12.8. The molecule has 2 aromatic rings. The van der Waals surface area contributed by atoms with E-state index in [2.05, 4.69) is 0 Å². The van der Waals surface area contributed by atoms with Crippen molar-refractivity contribution in [3.8, 4) is 0 Å². The number of hydrogen-bond donors (Lipinski definition) is 1. The third kappa shape index (κ3) is 3.75. The van der Waals surface area contributed by atoms with Crippen LogP contribution < -0.4 is 0 Å². The summed E-state index contributed by atoms with van der Waals surface area (Å²) in [4.78, 5) is 11.7. The second-order valence-electron chi connectivity index (χ2n) is 3.87. The first-order valence-electron chi connectivity index (χ1n) is 5.67. The van der Waals surface area contributed by atoms with Gasteiger partial charge in [0.25, 0.3) is 0 Å². The van der Waals surface area contributed by atoms with E-state index in [1.807, 2.05) is 36.4 Å². The fourth-order valence-corrected chi connectivity index (χ4v) is 2.30. The van der Waals surface area contributed by atoms with Crippen LogP contribution in [0.4, 0.5) is 0 Å². The maximum atomic E-state index is 11.7. The third-order valence-corrected chi connectivity index (χ3v) is 3.42. The minimum atomic E-state index is -0.734. The van der Waals surface area contributed by atoms with Gasteiger partial charge in [-0.1, -0.05) is 42.1 Å². The predicted molar refractivity (Wildman–Crippen MR) is 71.0 cm³/mol. The van der Waals surface area contributed by atoms with Crippen LogP contribution in [0.3, 0.4) is 0 Å². The fourth-order valence-electron chi connectivity index (χ4n) is 1.56. The summed E-state index contributed by atoms with van der Waals surface area (Å²) in [7, 11) is 0. The number of carbonyl (C=O) groups excluding carboxylic acids is 1. The summed E-state index contributed by atoms with van der Waals surface area (Å²) < 4.78 is 5.14. The zero-order valence-corrected chi connectivity index (χ0v) is 10.6. The van der Waals surface area contributed by atoms with Crippen LogP contribution in [-0.4, -0.2) is 10.2 Å². The number of carbonyl (C=O) groups is 1. The molecular formula is C14H14O3S. The summed E-state index contributed by atoms with van der Waals surface area (Å²) in [5.74, 6) is 1.27. The summed E-state index contributed by atoms with van der Waals surface area (Å²) in [5.41, 5.74) is 0.768. The second kappa shape index (κ2) is 6.42. The van der Waals surface area contributed by atoms with Gasteiger partial charge in [0.2, 0.25) is 0 Å². The largest absolute Gasteiger partial charge is 0.468 e. The highest BCUT2D eigenvalue weighted by Gasteiger charge is 2.13. The molecule has 1 atom stereocenters. The smallest absolute Gasteiger partial charge is 0.192 e. The molecule has 0 fully saturated rings. The normalized spacial score (nSPS) is 12.3. The van der Waals surface area contributed by atoms with Gasteiger partial charge in [-0.05, 0) is 17.7 Å². The number of aliphatic hydroxyl groups excluding tert-OH is 1. The van der Waals surface area contributed by atoms with Crippen LogP contribution in [-0.2, 0) is 10.5 Å². The van der Waals surface area contributed by atoms with Gasteiger partial charge in [-0.3, -0.25) is 4.79 Å². The van der Waals surface area contributed by atoms with Gasteiger partial charge in [0.15, 0.2) is 5.12 Å². The SMILES string of the molecule is O=C(CC(O)c1ccccc1)SCc1ccco1. The Hall–Kier alpha value is -1.52. The van der Waals surface area contributed by atoms with Gasteiger partial charge in [-0.15, -0.1) is 0 Å². The number of aliphatic hydroxyl groups is 1. The molecule has 1 heterocycles. The van der Waals surface area contributed by atoms with Crippen molar-refractivity contribution in [3.63, 3.8) is 0 Å². The molecule has 4 heteroatoms. The lowest BCUT2D eigenvalue weighted by Crippen LogP contribution is -2.03. The molecule has 0 radical (unpaired) electrons. The number of furan rings is 1. The van der Waals surface area contributed by atoms with Gasteiger partial charge in [0.1, 0.15) is 5.76 Å². The molecule has 94 valence electrons. The van der Waals surface area contributed by atoms with Crippen LogP contribution in [0.1, 0.15) is 23.8 Å². The van der Waals surface area contributed by atoms with E-state index in [0.29, 0.717) is 5.75 Å². The molecule has 3 nitrogen and oxygen atoms in total. The maximum absolute atomic E-state index is 11.7. The van der Waals surface area contributed by atoms with Gasteiger partial charge < -0.3 is 9.52 Å². The average molecular weight is 262 g/mol. The summed E-state index contributed by atoms with van der Waals surface area (Å²) in [5, 5.41) is 9.85. The lowest BCUT2D eigenvalue weighted by atomic mass is 10.1. The summed E-state index contributed by atoms with van der Waals surface area (Å²) in [6.45, 7) is 0. The summed E-state index contributed by atoms with van der Waals surface area (Å²) in [6.07, 6.45) is 0.969. The average Bonchev–Trinajstić information content (AvgIpc) is 2.90. The number of rotatable bonds is 5. The predicted octanol–water partition coefficient (Wildman–Crippen LogP) is 3.16. The fraction of sp³-hybridized carbons (Fsp3) is 0.214. The molecule has 1 N–H and O–H groups in total. The first-order valence-corrected chi connectivity index (χ1v) is 6.65. The summed E-state index contributed by atoms with van der Waals surface area (Å²) in [6, 6.07) is 12.8. The van der Waals surface area contributed by atoms with Crippen LogP contribution in [0.2, 0.25) is 0 Å².